The highest BCUT2D eigenvalue weighted by Crippen LogP contribution is 2.25. The second-order valence-corrected chi connectivity index (χ2v) is 9.65. The molecule has 0 saturated carbocycles. The Hall–Kier alpha value is -1.12. The number of allylic oxidation sites excluding steroid dienone is 1. The maximum Gasteiger partial charge on any atom is 0.230 e. The molecular formula is C28H51NO2. The van der Waals surface area contributed by atoms with Crippen LogP contribution < -0.4 is 0 Å². The number of hydrogen-bond donors (Lipinski definition) is 0. The van der Waals surface area contributed by atoms with Crippen molar-refractivity contribution >= 4 is 11.8 Å². The molecule has 0 aromatic carbocycles. The van der Waals surface area contributed by atoms with Crippen LogP contribution in [0.1, 0.15) is 149 Å². The Bertz CT molecular complexity index is 495. The minimum absolute atomic E-state index is 0.00307. The molecule has 1 rings (SSSR count). The summed E-state index contributed by atoms with van der Waals surface area (Å²) in [5.74, 6) is 0.0622. The number of amides is 2. The number of carbonyl (C=O) groups excluding carboxylic acids is 2. The van der Waals surface area contributed by atoms with Crippen LogP contribution in [0.5, 0.6) is 0 Å². The van der Waals surface area contributed by atoms with E-state index in [4.69, 9.17) is 0 Å². The van der Waals surface area contributed by atoms with Crippen LogP contribution in [-0.4, -0.2) is 22.8 Å². The van der Waals surface area contributed by atoms with E-state index < -0.39 is 0 Å². The highest BCUT2D eigenvalue weighted by molar-refractivity contribution is 6.02. The van der Waals surface area contributed by atoms with E-state index in [0.29, 0.717) is 12.8 Å². The highest BCUT2D eigenvalue weighted by atomic mass is 16.2. The van der Waals surface area contributed by atoms with Crippen LogP contribution in [0.4, 0.5) is 0 Å². The molecule has 3 heteroatoms. The fraction of sp³-hybridized carbons (Fsp3) is 0.857. The summed E-state index contributed by atoms with van der Waals surface area (Å²) in [5, 5.41) is 0. The zero-order valence-electron chi connectivity index (χ0n) is 21.1. The van der Waals surface area contributed by atoms with E-state index in [9.17, 15) is 9.59 Å². The number of hydrogen-bond acceptors (Lipinski definition) is 2. The Labute approximate surface area is 193 Å². The van der Waals surface area contributed by atoms with Crippen LogP contribution in [-0.2, 0) is 9.59 Å². The van der Waals surface area contributed by atoms with Gasteiger partial charge in [-0.25, -0.2) is 0 Å². The van der Waals surface area contributed by atoms with Gasteiger partial charge < -0.3 is 0 Å². The van der Waals surface area contributed by atoms with Gasteiger partial charge >= 0.3 is 0 Å². The van der Waals surface area contributed by atoms with Gasteiger partial charge in [-0.2, -0.15) is 0 Å². The lowest BCUT2D eigenvalue weighted by Crippen LogP contribution is -2.40. The zero-order valence-corrected chi connectivity index (χ0v) is 21.1. The molecular weight excluding hydrogens is 382 g/mol. The van der Waals surface area contributed by atoms with Crippen molar-refractivity contribution in [1.82, 2.24) is 4.90 Å². The van der Waals surface area contributed by atoms with Crippen molar-refractivity contribution in [3.8, 4) is 0 Å². The van der Waals surface area contributed by atoms with E-state index in [2.05, 4.69) is 26.8 Å². The van der Waals surface area contributed by atoms with Crippen molar-refractivity contribution < 1.29 is 9.59 Å². The molecule has 0 spiro atoms. The van der Waals surface area contributed by atoms with E-state index in [1.807, 2.05) is 0 Å². The van der Waals surface area contributed by atoms with Gasteiger partial charge in [0.05, 0.1) is 6.04 Å². The van der Waals surface area contributed by atoms with E-state index in [1.54, 1.807) is 4.90 Å². The second-order valence-electron chi connectivity index (χ2n) is 9.65. The minimum Gasteiger partial charge on any atom is -0.275 e. The first kappa shape index (κ1) is 27.9. The van der Waals surface area contributed by atoms with Gasteiger partial charge in [-0.05, 0) is 26.2 Å². The zero-order chi connectivity index (χ0) is 22.7. The lowest BCUT2D eigenvalue weighted by Gasteiger charge is -2.27. The standard InChI is InChI=1S/C28H51NO2/c1-4-6-8-10-11-12-13-14-15-16-17-18-19-21-25(3)26(22-20-9-7-5-2)29-27(30)23-24-28(29)31/h21,26H,4-20,22-24H2,1-3H3/b25-21+. The Balaban J connectivity index is 2.23. The number of nitrogens with zero attached hydrogens (tertiary/aromatic N) is 1. The smallest absolute Gasteiger partial charge is 0.230 e. The molecule has 0 aliphatic carbocycles. The summed E-state index contributed by atoms with van der Waals surface area (Å²) in [7, 11) is 0. The summed E-state index contributed by atoms with van der Waals surface area (Å²) < 4.78 is 0. The summed E-state index contributed by atoms with van der Waals surface area (Å²) in [4.78, 5) is 26.2. The fourth-order valence-electron chi connectivity index (χ4n) is 4.72. The molecule has 1 fully saturated rings. The summed E-state index contributed by atoms with van der Waals surface area (Å²) in [5.41, 5.74) is 1.23. The summed E-state index contributed by atoms with van der Waals surface area (Å²) in [6.45, 7) is 6.62. The third kappa shape index (κ3) is 12.5. The van der Waals surface area contributed by atoms with Gasteiger partial charge in [0.25, 0.3) is 0 Å². The maximum atomic E-state index is 12.3. The van der Waals surface area contributed by atoms with Crippen molar-refractivity contribution in [1.29, 1.82) is 0 Å². The van der Waals surface area contributed by atoms with E-state index in [1.165, 1.54) is 102 Å². The van der Waals surface area contributed by atoms with Gasteiger partial charge in [0, 0.05) is 12.8 Å². The van der Waals surface area contributed by atoms with Crippen LogP contribution in [0, 0.1) is 0 Å². The van der Waals surface area contributed by atoms with Crippen LogP contribution in [0.25, 0.3) is 0 Å². The van der Waals surface area contributed by atoms with Crippen molar-refractivity contribution in [2.45, 2.75) is 155 Å². The average molecular weight is 434 g/mol. The molecule has 1 heterocycles. The Morgan fingerprint density at radius 3 is 1.61 bits per heavy atom. The molecule has 31 heavy (non-hydrogen) atoms. The fourth-order valence-corrected chi connectivity index (χ4v) is 4.72. The van der Waals surface area contributed by atoms with E-state index >= 15 is 0 Å². The van der Waals surface area contributed by atoms with Crippen molar-refractivity contribution in [3.05, 3.63) is 11.6 Å². The first-order valence-corrected chi connectivity index (χ1v) is 13.6. The first-order chi connectivity index (χ1) is 15.1. The van der Waals surface area contributed by atoms with Crippen LogP contribution in [0.2, 0.25) is 0 Å². The van der Waals surface area contributed by atoms with Crippen molar-refractivity contribution in [2.75, 3.05) is 0 Å². The number of imide groups is 1. The minimum atomic E-state index is -0.00307. The summed E-state index contributed by atoms with van der Waals surface area (Å²) in [6, 6.07) is -0.00307. The Kier molecular flexibility index (Phi) is 16.6. The molecule has 0 aromatic heterocycles. The third-order valence-electron chi connectivity index (χ3n) is 6.78. The second kappa shape index (κ2) is 18.5. The van der Waals surface area contributed by atoms with Crippen LogP contribution >= 0.6 is 0 Å². The van der Waals surface area contributed by atoms with Gasteiger partial charge in [-0.3, -0.25) is 14.5 Å². The monoisotopic (exact) mass is 433 g/mol. The quantitative estimate of drug-likeness (QED) is 0.110. The largest absolute Gasteiger partial charge is 0.275 e. The number of likely N-dealkylation sites (tertiary alicyclic amines) is 1. The average Bonchev–Trinajstić information content (AvgIpc) is 3.09. The Morgan fingerprint density at radius 1 is 0.710 bits per heavy atom. The molecule has 1 aliphatic rings. The lowest BCUT2D eigenvalue weighted by atomic mass is 9.98. The molecule has 0 N–H and O–H groups in total. The van der Waals surface area contributed by atoms with Crippen LogP contribution in [0.15, 0.2) is 11.6 Å². The molecule has 0 aromatic rings. The molecule has 1 aliphatic heterocycles. The number of unbranched alkanes of at least 4 members (excludes halogenated alkanes) is 15. The maximum absolute atomic E-state index is 12.3. The lowest BCUT2D eigenvalue weighted by molar-refractivity contribution is -0.140. The van der Waals surface area contributed by atoms with Crippen molar-refractivity contribution in [2.24, 2.45) is 0 Å². The molecule has 180 valence electrons. The molecule has 0 radical (unpaired) electrons. The molecule has 3 nitrogen and oxygen atoms in total. The molecule has 2 amide bonds. The van der Waals surface area contributed by atoms with Gasteiger partial charge in [-0.1, -0.05) is 122 Å². The molecule has 1 saturated heterocycles. The SMILES string of the molecule is CCCCCCCCCCCCCC/C=C(\C)C(CCCCCC)N1C(=O)CCC1=O. The molecule has 1 unspecified atom stereocenters. The van der Waals surface area contributed by atoms with Gasteiger partial charge in [0.2, 0.25) is 11.8 Å². The van der Waals surface area contributed by atoms with E-state index in [0.717, 1.165) is 19.3 Å². The van der Waals surface area contributed by atoms with Crippen LogP contribution in [0.3, 0.4) is 0 Å². The van der Waals surface area contributed by atoms with E-state index in [-0.39, 0.29) is 17.9 Å². The predicted molar refractivity (Wildman–Crippen MR) is 133 cm³/mol. The Morgan fingerprint density at radius 2 is 1.13 bits per heavy atom. The summed E-state index contributed by atoms with van der Waals surface area (Å²) >= 11 is 0. The number of carbonyl (C=O) groups is 2. The van der Waals surface area contributed by atoms with Crippen molar-refractivity contribution in [3.63, 3.8) is 0 Å². The summed E-state index contributed by atoms with van der Waals surface area (Å²) in [6.07, 6.45) is 26.3. The highest BCUT2D eigenvalue weighted by Gasteiger charge is 2.35. The molecule has 0 bridgehead atoms. The van der Waals surface area contributed by atoms with Gasteiger partial charge in [-0.15, -0.1) is 0 Å². The van der Waals surface area contributed by atoms with Gasteiger partial charge in [0.15, 0.2) is 0 Å². The predicted octanol–water partition coefficient (Wildman–Crippen LogP) is 8.51. The topological polar surface area (TPSA) is 37.4 Å². The van der Waals surface area contributed by atoms with Gasteiger partial charge in [0.1, 0.15) is 0 Å². The molecule has 1 atom stereocenters. The first-order valence-electron chi connectivity index (χ1n) is 13.6. The third-order valence-corrected chi connectivity index (χ3v) is 6.78. The normalized spacial score (nSPS) is 15.8. The number of rotatable bonds is 20.